The first kappa shape index (κ1) is 17.6. The molecule has 0 spiro atoms. The molecule has 26 heavy (non-hydrogen) atoms. The summed E-state index contributed by atoms with van der Waals surface area (Å²) in [5.74, 6) is 4.63. The van der Waals surface area contributed by atoms with Crippen LogP contribution in [-0.4, -0.2) is 13.1 Å². The SMILES string of the molecule is COC(=C1C2CC3CC(C2)CC1C3)c1cccc(OC(=O)C(C)(C)C)c1. The summed E-state index contributed by atoms with van der Waals surface area (Å²) in [5, 5.41) is 0. The van der Waals surface area contributed by atoms with E-state index in [1.54, 1.807) is 7.11 Å². The van der Waals surface area contributed by atoms with E-state index in [2.05, 4.69) is 6.07 Å². The Morgan fingerprint density at radius 1 is 1.00 bits per heavy atom. The molecular weight excluding hydrogens is 324 g/mol. The summed E-state index contributed by atoms with van der Waals surface area (Å²) in [4.78, 5) is 12.2. The Morgan fingerprint density at radius 3 is 2.15 bits per heavy atom. The predicted octanol–water partition coefficient (Wildman–Crippen LogP) is 5.45. The highest BCUT2D eigenvalue weighted by molar-refractivity contribution is 5.78. The maximum Gasteiger partial charge on any atom is 0.316 e. The van der Waals surface area contributed by atoms with E-state index in [0.717, 1.165) is 23.2 Å². The van der Waals surface area contributed by atoms with Crippen molar-refractivity contribution in [3.8, 4) is 5.75 Å². The number of allylic oxidation sites excluding steroid dienone is 1. The molecule has 4 bridgehead atoms. The second-order valence-corrected chi connectivity index (χ2v) is 9.46. The van der Waals surface area contributed by atoms with Crippen molar-refractivity contribution in [2.75, 3.05) is 7.11 Å². The maximum atomic E-state index is 12.2. The lowest BCUT2D eigenvalue weighted by molar-refractivity contribution is -0.142. The zero-order chi connectivity index (χ0) is 18.5. The van der Waals surface area contributed by atoms with E-state index in [0.29, 0.717) is 17.6 Å². The molecule has 0 radical (unpaired) electrons. The molecule has 0 heterocycles. The summed E-state index contributed by atoms with van der Waals surface area (Å²) in [6.07, 6.45) is 6.75. The van der Waals surface area contributed by atoms with Crippen LogP contribution in [0.15, 0.2) is 29.8 Å². The molecule has 1 aromatic rings. The van der Waals surface area contributed by atoms with Crippen LogP contribution in [0.25, 0.3) is 5.76 Å². The van der Waals surface area contributed by atoms with Crippen molar-refractivity contribution in [1.82, 2.24) is 0 Å². The molecule has 0 aromatic heterocycles. The van der Waals surface area contributed by atoms with Crippen molar-refractivity contribution in [1.29, 1.82) is 0 Å². The van der Waals surface area contributed by atoms with Crippen molar-refractivity contribution in [2.45, 2.75) is 52.9 Å². The highest BCUT2D eigenvalue weighted by atomic mass is 16.5. The van der Waals surface area contributed by atoms with Gasteiger partial charge in [-0.15, -0.1) is 0 Å². The number of esters is 1. The van der Waals surface area contributed by atoms with E-state index in [9.17, 15) is 4.79 Å². The highest BCUT2D eigenvalue weighted by Crippen LogP contribution is 2.57. The van der Waals surface area contributed by atoms with Crippen molar-refractivity contribution < 1.29 is 14.3 Å². The van der Waals surface area contributed by atoms with Crippen LogP contribution in [0.1, 0.15) is 58.4 Å². The van der Waals surface area contributed by atoms with E-state index in [1.165, 1.54) is 37.7 Å². The number of benzene rings is 1. The van der Waals surface area contributed by atoms with Gasteiger partial charge in [-0.1, -0.05) is 12.1 Å². The third-order valence-corrected chi connectivity index (χ3v) is 6.40. The Labute approximate surface area is 156 Å². The van der Waals surface area contributed by atoms with Crippen LogP contribution in [0.4, 0.5) is 0 Å². The average Bonchev–Trinajstić information content (AvgIpc) is 2.57. The van der Waals surface area contributed by atoms with E-state index in [-0.39, 0.29) is 5.97 Å². The molecule has 4 aliphatic rings. The lowest BCUT2D eigenvalue weighted by Gasteiger charge is -2.51. The number of rotatable bonds is 3. The monoisotopic (exact) mass is 354 g/mol. The molecule has 3 nitrogen and oxygen atoms in total. The Kier molecular flexibility index (Phi) is 4.37. The Balaban J connectivity index is 1.65. The molecule has 0 amide bonds. The minimum Gasteiger partial charge on any atom is -0.496 e. The van der Waals surface area contributed by atoms with Gasteiger partial charge in [-0.2, -0.15) is 0 Å². The number of hydrogen-bond donors (Lipinski definition) is 0. The van der Waals surface area contributed by atoms with Crippen molar-refractivity contribution in [3.63, 3.8) is 0 Å². The molecule has 4 saturated carbocycles. The van der Waals surface area contributed by atoms with E-state index >= 15 is 0 Å². The Bertz CT molecular complexity index is 708. The molecule has 5 rings (SSSR count). The van der Waals surface area contributed by atoms with Gasteiger partial charge in [0.1, 0.15) is 11.5 Å². The topological polar surface area (TPSA) is 35.5 Å². The summed E-state index contributed by atoms with van der Waals surface area (Å²) >= 11 is 0. The van der Waals surface area contributed by atoms with Crippen LogP contribution >= 0.6 is 0 Å². The van der Waals surface area contributed by atoms with Gasteiger partial charge < -0.3 is 9.47 Å². The van der Waals surface area contributed by atoms with Gasteiger partial charge >= 0.3 is 5.97 Å². The fourth-order valence-corrected chi connectivity index (χ4v) is 5.43. The lowest BCUT2D eigenvalue weighted by Crippen LogP contribution is -2.40. The first-order valence-corrected chi connectivity index (χ1v) is 9.96. The summed E-state index contributed by atoms with van der Waals surface area (Å²) in [7, 11) is 1.78. The first-order valence-electron chi connectivity index (χ1n) is 9.96. The van der Waals surface area contributed by atoms with Gasteiger partial charge in [-0.05, 0) is 94.3 Å². The van der Waals surface area contributed by atoms with Crippen LogP contribution in [0, 0.1) is 29.1 Å². The van der Waals surface area contributed by atoms with Gasteiger partial charge in [0.05, 0.1) is 12.5 Å². The summed E-state index contributed by atoms with van der Waals surface area (Å²) in [6.45, 7) is 5.61. The molecule has 3 heteroatoms. The summed E-state index contributed by atoms with van der Waals surface area (Å²) in [6, 6.07) is 7.84. The van der Waals surface area contributed by atoms with Gasteiger partial charge in [0.25, 0.3) is 0 Å². The summed E-state index contributed by atoms with van der Waals surface area (Å²) < 4.78 is 11.5. The van der Waals surface area contributed by atoms with Crippen LogP contribution in [0.2, 0.25) is 0 Å². The highest BCUT2D eigenvalue weighted by Gasteiger charge is 2.46. The Hall–Kier alpha value is -1.77. The number of carbonyl (C=O) groups is 1. The predicted molar refractivity (Wildman–Crippen MR) is 103 cm³/mol. The normalized spacial score (nSPS) is 29.6. The van der Waals surface area contributed by atoms with Crippen molar-refractivity contribution >= 4 is 11.7 Å². The van der Waals surface area contributed by atoms with E-state index in [4.69, 9.17) is 9.47 Å². The van der Waals surface area contributed by atoms with Crippen LogP contribution in [0.3, 0.4) is 0 Å². The standard InChI is InChI=1S/C23H30O3/c1-23(2,3)22(24)26-19-7-5-6-16(13-19)21(25-4)20-17-9-14-8-15(11-17)12-18(20)10-14/h5-7,13-15,17-18H,8-12H2,1-4H3. The molecule has 0 atom stereocenters. The molecule has 0 aliphatic heterocycles. The average molecular weight is 354 g/mol. The van der Waals surface area contributed by atoms with Gasteiger partial charge in [-0.3, -0.25) is 4.79 Å². The maximum absolute atomic E-state index is 12.2. The van der Waals surface area contributed by atoms with Gasteiger partial charge in [-0.25, -0.2) is 0 Å². The first-order chi connectivity index (χ1) is 12.3. The van der Waals surface area contributed by atoms with Crippen LogP contribution in [0.5, 0.6) is 5.75 Å². The molecule has 0 N–H and O–H groups in total. The zero-order valence-corrected chi connectivity index (χ0v) is 16.4. The number of ether oxygens (including phenoxy) is 2. The second kappa shape index (κ2) is 6.44. The third kappa shape index (κ3) is 3.17. The molecule has 1 aromatic carbocycles. The van der Waals surface area contributed by atoms with Gasteiger partial charge in [0, 0.05) is 5.56 Å². The zero-order valence-electron chi connectivity index (χ0n) is 16.4. The largest absolute Gasteiger partial charge is 0.496 e. The van der Waals surface area contributed by atoms with Crippen LogP contribution < -0.4 is 4.74 Å². The van der Waals surface area contributed by atoms with E-state index < -0.39 is 5.41 Å². The fourth-order valence-electron chi connectivity index (χ4n) is 5.43. The third-order valence-electron chi connectivity index (χ3n) is 6.40. The molecule has 140 valence electrons. The molecular formula is C23H30O3. The number of methoxy groups -OCH3 is 1. The van der Waals surface area contributed by atoms with Gasteiger partial charge in [0.2, 0.25) is 0 Å². The molecule has 4 aliphatic carbocycles. The summed E-state index contributed by atoms with van der Waals surface area (Å²) in [5.41, 5.74) is 2.05. The van der Waals surface area contributed by atoms with Crippen molar-refractivity contribution in [3.05, 3.63) is 35.4 Å². The second-order valence-electron chi connectivity index (χ2n) is 9.46. The number of hydrogen-bond acceptors (Lipinski definition) is 3. The minimum atomic E-state index is -0.514. The van der Waals surface area contributed by atoms with Gasteiger partial charge in [0.15, 0.2) is 0 Å². The number of carbonyl (C=O) groups excluding carboxylic acids is 1. The fraction of sp³-hybridized carbons (Fsp3) is 0.609. The molecule has 4 fully saturated rings. The Morgan fingerprint density at radius 2 is 1.62 bits per heavy atom. The molecule has 0 saturated heterocycles. The lowest BCUT2D eigenvalue weighted by atomic mass is 9.54. The van der Waals surface area contributed by atoms with Crippen LogP contribution in [-0.2, 0) is 9.53 Å². The molecule has 0 unspecified atom stereocenters. The van der Waals surface area contributed by atoms with E-state index in [1.807, 2.05) is 39.0 Å². The van der Waals surface area contributed by atoms with Crippen molar-refractivity contribution in [2.24, 2.45) is 29.1 Å². The smallest absolute Gasteiger partial charge is 0.316 e. The minimum absolute atomic E-state index is 0.212. The quantitative estimate of drug-likeness (QED) is 0.411.